The van der Waals surface area contributed by atoms with E-state index in [0.717, 1.165) is 43.0 Å². The van der Waals surface area contributed by atoms with Crippen LogP contribution in [0, 0.1) is 11.2 Å². The number of piperazine rings is 1. The zero-order valence-electron chi connectivity index (χ0n) is 30.5. The highest BCUT2D eigenvalue weighted by Crippen LogP contribution is 2.40. The van der Waals surface area contributed by atoms with Gasteiger partial charge >= 0.3 is 18.1 Å². The summed E-state index contributed by atoms with van der Waals surface area (Å²) in [7, 11) is 2.07. The first-order chi connectivity index (χ1) is 24.2. The van der Waals surface area contributed by atoms with Crippen LogP contribution >= 0.6 is 0 Å². The number of pyridine rings is 1. The minimum absolute atomic E-state index is 0.0599. The average molecular weight is 699 g/mol. The third-order valence-electron chi connectivity index (χ3n) is 10.1. The number of amides is 1. The maximum Gasteiger partial charge on any atom is 0.410 e. The third-order valence-corrected chi connectivity index (χ3v) is 10.1. The van der Waals surface area contributed by atoms with Gasteiger partial charge in [0, 0.05) is 36.9 Å². The standard InChI is InChI=1S/C39H47FN6O5/c1-38(2,3)35(47)50-27-17-23-11-8-9-13-28(23)29(18-27)32-31(40)33-30(19-41-32)34(43-36(42-33)49-22-26-12-10-16-44(26)7)45-20-25-15-14-24(45)21-46(25)37(48)51-39(4,5)6/h8-9,11,13,17-19,24-26H,10,12,14-16,20-22H2,1-7H3/t24?,25-,26+/m1/s1. The fraction of sp³-hybridized carbons (Fsp3) is 0.513. The first-order valence-electron chi connectivity index (χ1n) is 17.9. The lowest BCUT2D eigenvalue weighted by Crippen LogP contribution is -2.64. The predicted octanol–water partition coefficient (Wildman–Crippen LogP) is 7.00. The van der Waals surface area contributed by atoms with E-state index in [4.69, 9.17) is 24.2 Å². The quantitative estimate of drug-likeness (QED) is 0.154. The van der Waals surface area contributed by atoms with E-state index >= 15 is 4.39 Å². The summed E-state index contributed by atoms with van der Waals surface area (Å²) in [4.78, 5) is 46.5. The molecule has 4 aliphatic heterocycles. The minimum atomic E-state index is -0.729. The summed E-state index contributed by atoms with van der Waals surface area (Å²) in [6, 6.07) is 11.1. The molecule has 11 nitrogen and oxygen atoms in total. The number of hydrogen-bond donors (Lipinski definition) is 0. The summed E-state index contributed by atoms with van der Waals surface area (Å²) in [5, 5.41) is 1.99. The Morgan fingerprint density at radius 1 is 0.961 bits per heavy atom. The lowest BCUT2D eigenvalue weighted by atomic mass is 9.91. The van der Waals surface area contributed by atoms with Crippen LogP contribution in [0.2, 0.25) is 0 Å². The first-order valence-corrected chi connectivity index (χ1v) is 17.9. The number of likely N-dealkylation sites (tertiary alicyclic amines) is 1. The lowest BCUT2D eigenvalue weighted by molar-refractivity contribution is -0.142. The maximum atomic E-state index is 17.1. The van der Waals surface area contributed by atoms with Crippen molar-refractivity contribution in [1.82, 2.24) is 24.8 Å². The van der Waals surface area contributed by atoms with Crippen LogP contribution in [-0.4, -0.2) is 93.8 Å². The van der Waals surface area contributed by atoms with Crippen LogP contribution in [0.5, 0.6) is 11.8 Å². The molecule has 2 aromatic heterocycles. The summed E-state index contributed by atoms with van der Waals surface area (Å²) in [5.41, 5.74) is -0.686. The van der Waals surface area contributed by atoms with Crippen LogP contribution in [0.4, 0.5) is 15.0 Å². The van der Waals surface area contributed by atoms with Gasteiger partial charge in [0.05, 0.1) is 16.8 Å². The number of ether oxygens (including phenoxy) is 3. The second kappa shape index (κ2) is 13.2. The molecular weight excluding hydrogens is 651 g/mol. The number of aromatic nitrogens is 3. The van der Waals surface area contributed by atoms with Gasteiger partial charge in [-0.3, -0.25) is 9.78 Å². The molecule has 0 radical (unpaired) electrons. The molecule has 6 heterocycles. The second-order valence-electron chi connectivity index (χ2n) is 16.1. The fourth-order valence-electron chi connectivity index (χ4n) is 7.28. The molecular formula is C39H47FN6O5. The van der Waals surface area contributed by atoms with Gasteiger partial charge in [0.25, 0.3) is 0 Å². The van der Waals surface area contributed by atoms with Gasteiger partial charge in [-0.1, -0.05) is 24.3 Å². The Morgan fingerprint density at radius 2 is 1.73 bits per heavy atom. The zero-order chi connectivity index (χ0) is 36.2. The Morgan fingerprint density at radius 3 is 2.41 bits per heavy atom. The number of halogens is 1. The number of fused-ring (bicyclic) bond motifs is 5. The molecule has 0 spiro atoms. The number of carbonyl (C=O) groups is 2. The second-order valence-corrected chi connectivity index (χ2v) is 16.1. The summed E-state index contributed by atoms with van der Waals surface area (Å²) in [6.07, 6.45) is 5.06. The van der Waals surface area contributed by atoms with E-state index in [9.17, 15) is 9.59 Å². The van der Waals surface area contributed by atoms with Gasteiger partial charge in [-0.05, 0) is 104 Å². The Hall–Kier alpha value is -4.58. The Kier molecular flexibility index (Phi) is 9.02. The number of rotatable bonds is 6. The van der Waals surface area contributed by atoms with Gasteiger partial charge in [-0.25, -0.2) is 9.18 Å². The van der Waals surface area contributed by atoms with E-state index in [1.807, 2.05) is 49.9 Å². The lowest BCUT2D eigenvalue weighted by Gasteiger charge is -2.51. The monoisotopic (exact) mass is 698 g/mol. The SMILES string of the molecule is CN1CCC[C@H]1COc1nc(N2C[C@H]3CCC2CN3C(=O)OC(C)(C)C)c2cnc(-c3cc(OC(=O)C(C)(C)C)cc4ccccc34)c(F)c2n1. The van der Waals surface area contributed by atoms with Crippen LogP contribution in [0.15, 0.2) is 42.6 Å². The summed E-state index contributed by atoms with van der Waals surface area (Å²) >= 11 is 0. The topological polar surface area (TPSA) is 110 Å². The van der Waals surface area contributed by atoms with Gasteiger partial charge in [0.15, 0.2) is 5.82 Å². The van der Waals surface area contributed by atoms with E-state index in [1.165, 1.54) is 0 Å². The van der Waals surface area contributed by atoms with Crippen molar-refractivity contribution >= 4 is 39.6 Å². The highest BCUT2D eigenvalue weighted by Gasteiger charge is 2.44. The minimum Gasteiger partial charge on any atom is -0.462 e. The van der Waals surface area contributed by atoms with Crippen molar-refractivity contribution in [1.29, 1.82) is 0 Å². The number of benzene rings is 2. The molecule has 2 bridgehead atoms. The Balaban J connectivity index is 1.31. The van der Waals surface area contributed by atoms with Crippen molar-refractivity contribution < 1.29 is 28.2 Å². The van der Waals surface area contributed by atoms with Crippen molar-refractivity contribution in [3.05, 3.63) is 48.4 Å². The van der Waals surface area contributed by atoms with Gasteiger partial charge in [0.2, 0.25) is 0 Å². The molecule has 4 aliphatic rings. The van der Waals surface area contributed by atoms with Gasteiger partial charge in [-0.2, -0.15) is 9.97 Å². The summed E-state index contributed by atoms with van der Waals surface area (Å²) in [5.74, 6) is -0.189. The Labute approximate surface area is 298 Å². The molecule has 3 atom stereocenters. The number of likely N-dealkylation sites (N-methyl/N-ethyl adjacent to an activating group) is 1. The maximum absolute atomic E-state index is 17.1. The van der Waals surface area contributed by atoms with Gasteiger partial charge in [0.1, 0.15) is 35.0 Å². The molecule has 51 heavy (non-hydrogen) atoms. The van der Waals surface area contributed by atoms with Crippen LogP contribution in [0.25, 0.3) is 32.9 Å². The van der Waals surface area contributed by atoms with Crippen molar-refractivity contribution in [3.8, 4) is 23.0 Å². The molecule has 8 rings (SSSR count). The normalized spacial score (nSPS) is 21.1. The largest absolute Gasteiger partial charge is 0.462 e. The number of piperidine rings is 2. The van der Waals surface area contributed by atoms with Crippen molar-refractivity contribution in [2.45, 2.75) is 91.0 Å². The van der Waals surface area contributed by atoms with Crippen molar-refractivity contribution in [2.75, 3.05) is 38.2 Å². The summed E-state index contributed by atoms with van der Waals surface area (Å²) < 4.78 is 34.8. The molecule has 4 saturated heterocycles. The molecule has 0 aliphatic carbocycles. The highest BCUT2D eigenvalue weighted by atomic mass is 19.1. The number of carbonyl (C=O) groups excluding carboxylic acids is 2. The molecule has 270 valence electrons. The molecule has 0 saturated carbocycles. The number of anilines is 1. The van der Waals surface area contributed by atoms with Crippen LogP contribution in [0.1, 0.15) is 67.2 Å². The van der Waals surface area contributed by atoms with E-state index < -0.39 is 22.8 Å². The van der Waals surface area contributed by atoms with Crippen LogP contribution in [-0.2, 0) is 9.53 Å². The van der Waals surface area contributed by atoms with Gasteiger partial charge in [-0.15, -0.1) is 0 Å². The molecule has 1 unspecified atom stereocenters. The number of nitrogens with zero attached hydrogens (tertiary/aromatic N) is 6. The summed E-state index contributed by atoms with van der Waals surface area (Å²) in [6.45, 7) is 13.3. The van der Waals surface area contributed by atoms with Gasteiger partial charge < -0.3 is 28.9 Å². The fourth-order valence-corrected chi connectivity index (χ4v) is 7.28. The number of hydrogen-bond acceptors (Lipinski definition) is 10. The zero-order valence-corrected chi connectivity index (χ0v) is 30.5. The molecule has 12 heteroatoms. The highest BCUT2D eigenvalue weighted by molar-refractivity contribution is 6.00. The van der Waals surface area contributed by atoms with Crippen molar-refractivity contribution in [2.24, 2.45) is 5.41 Å². The van der Waals surface area contributed by atoms with Crippen molar-refractivity contribution in [3.63, 3.8) is 0 Å². The van der Waals surface area contributed by atoms with Crippen LogP contribution in [0.3, 0.4) is 0 Å². The van der Waals surface area contributed by atoms with E-state index in [-0.39, 0.29) is 41.4 Å². The average Bonchev–Trinajstić information content (AvgIpc) is 3.50. The third kappa shape index (κ3) is 7.02. The molecule has 2 aromatic carbocycles. The molecule has 4 aromatic rings. The molecule has 0 N–H and O–H groups in total. The predicted molar refractivity (Wildman–Crippen MR) is 194 cm³/mol. The molecule has 4 fully saturated rings. The molecule has 1 amide bonds. The van der Waals surface area contributed by atoms with E-state index in [1.54, 1.807) is 39.1 Å². The first kappa shape index (κ1) is 34.9. The van der Waals surface area contributed by atoms with Crippen LogP contribution < -0.4 is 14.4 Å². The smallest absolute Gasteiger partial charge is 0.410 e. The van der Waals surface area contributed by atoms with E-state index in [0.29, 0.717) is 42.2 Å². The van der Waals surface area contributed by atoms with E-state index in [2.05, 4.69) is 21.8 Å². The number of esters is 1. The Bertz CT molecular complexity index is 1990.